The van der Waals surface area contributed by atoms with E-state index in [-0.39, 0.29) is 12.5 Å². The maximum atomic E-state index is 11.1. The second-order valence-electron chi connectivity index (χ2n) is 7.25. The van der Waals surface area contributed by atoms with Crippen LogP contribution in [-0.4, -0.2) is 30.7 Å². The van der Waals surface area contributed by atoms with Crippen molar-refractivity contribution in [3.63, 3.8) is 0 Å². The van der Waals surface area contributed by atoms with Gasteiger partial charge >= 0.3 is 0 Å². The second kappa shape index (κ2) is 6.82. The molecule has 0 spiro atoms. The van der Waals surface area contributed by atoms with Gasteiger partial charge in [0.1, 0.15) is 28.6 Å². The molecule has 3 aromatic carbocycles. The molecule has 0 fully saturated rings. The molecule has 0 aliphatic carbocycles. The Labute approximate surface area is 158 Å². The SMILES string of the molecule is CCOCCC(C)(C)Oc1ccc2c3c(c4ccccc4c(O)c13)OCO2. The molecule has 0 bridgehead atoms. The van der Waals surface area contributed by atoms with Crippen molar-refractivity contribution in [2.75, 3.05) is 20.0 Å². The van der Waals surface area contributed by atoms with Crippen LogP contribution in [0.5, 0.6) is 23.0 Å². The van der Waals surface area contributed by atoms with Crippen LogP contribution in [0.2, 0.25) is 0 Å². The summed E-state index contributed by atoms with van der Waals surface area (Å²) < 4.78 is 23.3. The Morgan fingerprint density at radius 2 is 1.81 bits per heavy atom. The Morgan fingerprint density at radius 1 is 1.04 bits per heavy atom. The molecule has 1 heterocycles. The lowest BCUT2D eigenvalue weighted by Crippen LogP contribution is -2.30. The van der Waals surface area contributed by atoms with E-state index >= 15 is 0 Å². The maximum Gasteiger partial charge on any atom is 0.230 e. The zero-order valence-electron chi connectivity index (χ0n) is 15.9. The Balaban J connectivity index is 1.88. The quantitative estimate of drug-likeness (QED) is 0.489. The van der Waals surface area contributed by atoms with Gasteiger partial charge in [0.2, 0.25) is 6.79 Å². The van der Waals surface area contributed by atoms with Gasteiger partial charge in [0.25, 0.3) is 0 Å². The number of ether oxygens (including phenoxy) is 4. The number of hydrogen-bond acceptors (Lipinski definition) is 5. The van der Waals surface area contributed by atoms with Crippen LogP contribution in [-0.2, 0) is 4.74 Å². The summed E-state index contributed by atoms with van der Waals surface area (Å²) in [6.07, 6.45) is 0.734. The lowest BCUT2D eigenvalue weighted by atomic mass is 9.98. The van der Waals surface area contributed by atoms with E-state index in [9.17, 15) is 5.11 Å². The Kier molecular flexibility index (Phi) is 4.48. The largest absolute Gasteiger partial charge is 0.507 e. The number of aromatic hydroxyl groups is 1. The first-order valence-electron chi connectivity index (χ1n) is 9.24. The van der Waals surface area contributed by atoms with Crippen molar-refractivity contribution in [1.82, 2.24) is 0 Å². The number of hydrogen-bond donors (Lipinski definition) is 1. The molecule has 3 aromatic rings. The third-order valence-electron chi connectivity index (χ3n) is 4.88. The highest BCUT2D eigenvalue weighted by atomic mass is 16.7. The smallest absolute Gasteiger partial charge is 0.230 e. The van der Waals surface area contributed by atoms with Crippen molar-refractivity contribution in [3.05, 3.63) is 36.4 Å². The molecule has 0 radical (unpaired) electrons. The molecular formula is C22H24O5. The summed E-state index contributed by atoms with van der Waals surface area (Å²) in [5.74, 6) is 2.19. The summed E-state index contributed by atoms with van der Waals surface area (Å²) in [4.78, 5) is 0. The lowest BCUT2D eigenvalue weighted by Gasteiger charge is -2.29. The van der Waals surface area contributed by atoms with Gasteiger partial charge in [-0.2, -0.15) is 0 Å². The highest BCUT2D eigenvalue weighted by Crippen LogP contribution is 2.51. The molecular weight excluding hydrogens is 344 g/mol. The van der Waals surface area contributed by atoms with Crippen LogP contribution in [0, 0.1) is 0 Å². The first kappa shape index (κ1) is 17.7. The Morgan fingerprint density at radius 3 is 2.59 bits per heavy atom. The summed E-state index contributed by atoms with van der Waals surface area (Å²) in [6, 6.07) is 11.4. The fourth-order valence-electron chi connectivity index (χ4n) is 3.50. The fourth-order valence-corrected chi connectivity index (χ4v) is 3.50. The highest BCUT2D eigenvalue weighted by molar-refractivity contribution is 6.15. The van der Waals surface area contributed by atoms with Gasteiger partial charge in [-0.3, -0.25) is 0 Å². The normalized spacial score (nSPS) is 13.4. The molecule has 5 nitrogen and oxygen atoms in total. The average molecular weight is 368 g/mol. The van der Waals surface area contributed by atoms with E-state index in [0.717, 1.165) is 28.3 Å². The van der Waals surface area contributed by atoms with Crippen molar-refractivity contribution in [2.45, 2.75) is 32.8 Å². The summed E-state index contributed by atoms with van der Waals surface area (Å²) in [5.41, 5.74) is -0.451. The molecule has 0 aromatic heterocycles. The zero-order chi connectivity index (χ0) is 19.0. The van der Waals surface area contributed by atoms with E-state index in [2.05, 4.69) is 0 Å². The molecule has 4 rings (SSSR count). The number of rotatable bonds is 6. The fraction of sp³-hybridized carbons (Fsp3) is 0.364. The predicted molar refractivity (Wildman–Crippen MR) is 105 cm³/mol. The van der Waals surface area contributed by atoms with Crippen molar-refractivity contribution in [2.24, 2.45) is 0 Å². The molecule has 0 saturated heterocycles. The first-order valence-corrected chi connectivity index (χ1v) is 9.24. The van der Waals surface area contributed by atoms with E-state index in [1.165, 1.54) is 0 Å². The number of phenolic OH excluding ortho intramolecular Hbond substituents is 1. The first-order chi connectivity index (χ1) is 13.0. The minimum Gasteiger partial charge on any atom is -0.507 e. The van der Waals surface area contributed by atoms with Gasteiger partial charge in [0.15, 0.2) is 0 Å². The van der Waals surface area contributed by atoms with E-state index < -0.39 is 5.60 Å². The third kappa shape index (κ3) is 3.12. The number of fused-ring (bicyclic) bond motifs is 2. The molecule has 142 valence electrons. The van der Waals surface area contributed by atoms with Crippen molar-refractivity contribution in [3.8, 4) is 23.0 Å². The molecule has 1 N–H and O–H groups in total. The molecule has 1 aliphatic heterocycles. The Hall–Kier alpha value is -2.66. The minimum absolute atomic E-state index is 0.150. The Bertz CT molecular complexity index is 993. The number of benzene rings is 3. The van der Waals surface area contributed by atoms with E-state index in [1.807, 2.05) is 57.2 Å². The topological polar surface area (TPSA) is 57.2 Å². The lowest BCUT2D eigenvalue weighted by molar-refractivity contribution is 0.0513. The van der Waals surface area contributed by atoms with Crippen molar-refractivity contribution < 1.29 is 24.1 Å². The van der Waals surface area contributed by atoms with Gasteiger partial charge < -0.3 is 24.1 Å². The van der Waals surface area contributed by atoms with Gasteiger partial charge in [-0.15, -0.1) is 0 Å². The summed E-state index contributed by atoms with van der Waals surface area (Å²) in [5, 5.41) is 14.0. The van der Waals surface area contributed by atoms with Gasteiger partial charge in [-0.05, 0) is 32.9 Å². The highest BCUT2D eigenvalue weighted by Gasteiger charge is 2.27. The van der Waals surface area contributed by atoms with Crippen LogP contribution in [0.4, 0.5) is 0 Å². The molecule has 0 amide bonds. The van der Waals surface area contributed by atoms with Crippen LogP contribution in [0.15, 0.2) is 36.4 Å². The number of phenols is 1. The standard InChI is InChI=1S/C22H24O5/c1-4-24-12-11-22(2,3)27-17-10-9-16-19-18(17)20(23)14-7-5-6-8-15(14)21(19)26-13-25-16/h5-10,23H,4,11-13H2,1-3H3. The summed E-state index contributed by atoms with van der Waals surface area (Å²) in [7, 11) is 0. The zero-order valence-corrected chi connectivity index (χ0v) is 15.9. The van der Waals surface area contributed by atoms with E-state index in [0.29, 0.717) is 30.1 Å². The van der Waals surface area contributed by atoms with Gasteiger partial charge in [-0.25, -0.2) is 0 Å². The minimum atomic E-state index is -0.451. The van der Waals surface area contributed by atoms with Gasteiger partial charge in [-0.1, -0.05) is 24.3 Å². The second-order valence-corrected chi connectivity index (χ2v) is 7.25. The monoisotopic (exact) mass is 368 g/mol. The predicted octanol–water partition coefficient (Wildman–Crippen LogP) is 5.01. The molecule has 0 atom stereocenters. The molecule has 0 unspecified atom stereocenters. The van der Waals surface area contributed by atoms with Crippen LogP contribution < -0.4 is 14.2 Å². The molecule has 0 saturated carbocycles. The van der Waals surface area contributed by atoms with Crippen LogP contribution in [0.3, 0.4) is 0 Å². The van der Waals surface area contributed by atoms with E-state index in [4.69, 9.17) is 18.9 Å². The summed E-state index contributed by atoms with van der Waals surface area (Å²) >= 11 is 0. The average Bonchev–Trinajstić information content (AvgIpc) is 2.66. The maximum absolute atomic E-state index is 11.1. The molecule has 27 heavy (non-hydrogen) atoms. The molecule has 1 aliphatic rings. The van der Waals surface area contributed by atoms with E-state index in [1.54, 1.807) is 0 Å². The van der Waals surface area contributed by atoms with Gasteiger partial charge in [0.05, 0.1) is 17.4 Å². The van der Waals surface area contributed by atoms with Crippen LogP contribution in [0.1, 0.15) is 27.2 Å². The van der Waals surface area contributed by atoms with Crippen molar-refractivity contribution in [1.29, 1.82) is 0 Å². The van der Waals surface area contributed by atoms with Gasteiger partial charge in [0, 0.05) is 23.8 Å². The van der Waals surface area contributed by atoms with Crippen molar-refractivity contribution >= 4 is 21.5 Å². The van der Waals surface area contributed by atoms with Crippen LogP contribution >= 0.6 is 0 Å². The molecule has 5 heteroatoms. The van der Waals surface area contributed by atoms with Crippen LogP contribution in [0.25, 0.3) is 21.5 Å². The third-order valence-corrected chi connectivity index (χ3v) is 4.88. The summed E-state index contributed by atoms with van der Waals surface area (Å²) in [6.45, 7) is 7.46.